The molecule has 2 aromatic rings. The van der Waals surface area contributed by atoms with E-state index in [-0.39, 0.29) is 12.2 Å². The highest BCUT2D eigenvalue weighted by Gasteiger charge is 2.25. The van der Waals surface area contributed by atoms with Gasteiger partial charge in [0, 0.05) is 0 Å². The summed E-state index contributed by atoms with van der Waals surface area (Å²) in [4.78, 5) is 12.1. The van der Waals surface area contributed by atoms with Crippen LogP contribution in [-0.2, 0) is 4.74 Å². The summed E-state index contributed by atoms with van der Waals surface area (Å²) in [6.45, 7) is 3.67. The number of aromatic nitrogens is 1. The molecule has 1 aromatic carbocycles. The number of carbonyl (C=O) groups excluding carboxylic acids is 1. The molecule has 0 saturated heterocycles. The average Bonchev–Trinajstić information content (AvgIpc) is 2.88. The maximum absolute atomic E-state index is 12.1. The molecule has 0 saturated carbocycles. The first-order valence-electron chi connectivity index (χ1n) is 6.58. The van der Waals surface area contributed by atoms with Crippen molar-refractivity contribution < 1.29 is 23.5 Å². The number of halogens is 1. The number of benzene rings is 1. The van der Waals surface area contributed by atoms with Gasteiger partial charge in [0.25, 0.3) is 0 Å². The van der Waals surface area contributed by atoms with Crippen LogP contribution >= 0.6 is 15.9 Å². The number of hydrogen-bond donors (Lipinski definition) is 0. The van der Waals surface area contributed by atoms with E-state index in [1.54, 1.807) is 33.1 Å². The molecule has 0 atom stereocenters. The number of carbonyl (C=O) groups is 1. The Bertz CT molecular complexity index is 695. The third kappa shape index (κ3) is 2.94. The molecule has 1 heterocycles. The fourth-order valence-corrected chi connectivity index (χ4v) is 2.53. The monoisotopic (exact) mass is 369 g/mol. The smallest absolute Gasteiger partial charge is 0.344 e. The molecule has 0 aliphatic heterocycles. The Hall–Kier alpha value is -2.02. The number of aryl methyl sites for hydroxylation is 1. The number of rotatable bonds is 5. The van der Waals surface area contributed by atoms with Crippen LogP contribution in [0.1, 0.15) is 23.0 Å². The van der Waals surface area contributed by atoms with Gasteiger partial charge in [-0.1, -0.05) is 5.16 Å². The van der Waals surface area contributed by atoms with Crippen molar-refractivity contribution in [1.82, 2.24) is 5.16 Å². The Morgan fingerprint density at radius 2 is 1.95 bits per heavy atom. The second-order valence-electron chi connectivity index (χ2n) is 4.37. The van der Waals surface area contributed by atoms with E-state index in [9.17, 15) is 4.79 Å². The maximum atomic E-state index is 12.1. The Morgan fingerprint density at radius 3 is 2.55 bits per heavy atom. The lowest BCUT2D eigenvalue weighted by Crippen LogP contribution is -2.07. The Kier molecular flexibility index (Phi) is 5.07. The molecule has 22 heavy (non-hydrogen) atoms. The average molecular weight is 370 g/mol. The van der Waals surface area contributed by atoms with Crippen molar-refractivity contribution in [3.8, 4) is 22.8 Å². The summed E-state index contributed by atoms with van der Waals surface area (Å²) in [7, 11) is 3.09. The standard InChI is InChI=1S/C15H16BrNO5/c1-5-21-15(18)13-8(2)22-17-14(13)9-6-12(20-4)10(16)7-11(9)19-3/h6-7H,5H2,1-4H3. The molecule has 7 heteroatoms. The zero-order valence-electron chi connectivity index (χ0n) is 12.7. The molecule has 0 unspecified atom stereocenters. The molecule has 0 spiro atoms. The van der Waals surface area contributed by atoms with Gasteiger partial charge in [0.05, 0.1) is 30.9 Å². The van der Waals surface area contributed by atoms with Crippen molar-refractivity contribution >= 4 is 21.9 Å². The highest BCUT2D eigenvalue weighted by molar-refractivity contribution is 9.10. The third-order valence-corrected chi connectivity index (χ3v) is 3.69. The largest absolute Gasteiger partial charge is 0.496 e. The Labute approximate surface area is 136 Å². The minimum atomic E-state index is -0.486. The fraction of sp³-hybridized carbons (Fsp3) is 0.333. The van der Waals surface area contributed by atoms with Gasteiger partial charge in [0.2, 0.25) is 0 Å². The number of esters is 1. The molecular weight excluding hydrogens is 354 g/mol. The molecule has 6 nitrogen and oxygen atoms in total. The van der Waals surface area contributed by atoms with Crippen LogP contribution in [0.15, 0.2) is 21.1 Å². The molecule has 0 N–H and O–H groups in total. The van der Waals surface area contributed by atoms with Gasteiger partial charge in [-0.15, -0.1) is 0 Å². The number of nitrogens with zero attached hydrogens (tertiary/aromatic N) is 1. The van der Waals surface area contributed by atoms with Crippen molar-refractivity contribution in [2.75, 3.05) is 20.8 Å². The van der Waals surface area contributed by atoms with Crippen LogP contribution in [0.2, 0.25) is 0 Å². The van der Waals surface area contributed by atoms with E-state index in [0.717, 1.165) is 4.47 Å². The van der Waals surface area contributed by atoms with Gasteiger partial charge < -0.3 is 18.7 Å². The van der Waals surface area contributed by atoms with E-state index in [1.807, 2.05) is 0 Å². The van der Waals surface area contributed by atoms with Crippen LogP contribution in [0.5, 0.6) is 11.5 Å². The van der Waals surface area contributed by atoms with Crippen LogP contribution < -0.4 is 9.47 Å². The van der Waals surface area contributed by atoms with Crippen LogP contribution in [0, 0.1) is 6.92 Å². The van der Waals surface area contributed by atoms with Gasteiger partial charge in [0.1, 0.15) is 28.5 Å². The first-order valence-corrected chi connectivity index (χ1v) is 7.38. The Balaban J connectivity index is 2.64. The second-order valence-corrected chi connectivity index (χ2v) is 5.22. The van der Waals surface area contributed by atoms with Gasteiger partial charge in [-0.05, 0) is 41.9 Å². The van der Waals surface area contributed by atoms with Crippen LogP contribution in [0.25, 0.3) is 11.3 Å². The summed E-state index contributed by atoms with van der Waals surface area (Å²) in [6.07, 6.45) is 0. The highest BCUT2D eigenvalue weighted by Crippen LogP contribution is 2.40. The predicted molar refractivity (Wildman–Crippen MR) is 83.4 cm³/mol. The van der Waals surface area contributed by atoms with Gasteiger partial charge >= 0.3 is 5.97 Å². The summed E-state index contributed by atoms with van der Waals surface area (Å²) in [5, 5.41) is 3.98. The van der Waals surface area contributed by atoms with Crippen molar-refractivity contribution in [2.45, 2.75) is 13.8 Å². The molecule has 0 bridgehead atoms. The van der Waals surface area contributed by atoms with E-state index < -0.39 is 5.97 Å². The minimum absolute atomic E-state index is 0.268. The van der Waals surface area contributed by atoms with E-state index in [4.69, 9.17) is 18.7 Å². The quantitative estimate of drug-likeness (QED) is 0.749. The summed E-state index contributed by atoms with van der Waals surface area (Å²) in [5.41, 5.74) is 1.23. The lowest BCUT2D eigenvalue weighted by molar-refractivity contribution is 0.0525. The van der Waals surface area contributed by atoms with E-state index in [1.165, 1.54) is 7.11 Å². The van der Waals surface area contributed by atoms with Gasteiger partial charge in [-0.25, -0.2) is 4.79 Å². The zero-order valence-corrected chi connectivity index (χ0v) is 14.3. The molecule has 1 aromatic heterocycles. The number of methoxy groups -OCH3 is 2. The third-order valence-electron chi connectivity index (χ3n) is 3.07. The highest BCUT2D eigenvalue weighted by atomic mass is 79.9. The molecular formula is C15H16BrNO5. The SMILES string of the molecule is CCOC(=O)c1c(-c2cc(OC)c(Br)cc2OC)noc1C. The summed E-state index contributed by atoms with van der Waals surface area (Å²) < 4.78 is 21.6. The predicted octanol–water partition coefficient (Wildman–Crippen LogP) is 3.61. The lowest BCUT2D eigenvalue weighted by atomic mass is 10.0. The first-order chi connectivity index (χ1) is 10.5. The first kappa shape index (κ1) is 16.4. The second kappa shape index (κ2) is 6.83. The van der Waals surface area contributed by atoms with Crippen molar-refractivity contribution in [1.29, 1.82) is 0 Å². The zero-order chi connectivity index (χ0) is 16.3. The van der Waals surface area contributed by atoms with Crippen molar-refractivity contribution in [2.24, 2.45) is 0 Å². The van der Waals surface area contributed by atoms with E-state index in [2.05, 4.69) is 21.1 Å². The molecule has 0 aliphatic rings. The van der Waals surface area contributed by atoms with Crippen LogP contribution in [0.4, 0.5) is 0 Å². The minimum Gasteiger partial charge on any atom is -0.496 e. The van der Waals surface area contributed by atoms with Crippen LogP contribution in [0.3, 0.4) is 0 Å². The van der Waals surface area contributed by atoms with Crippen molar-refractivity contribution in [3.05, 3.63) is 27.9 Å². The lowest BCUT2D eigenvalue weighted by Gasteiger charge is -2.11. The molecule has 118 valence electrons. The Morgan fingerprint density at radius 1 is 1.27 bits per heavy atom. The normalized spacial score (nSPS) is 10.4. The van der Waals surface area contributed by atoms with Gasteiger partial charge in [0.15, 0.2) is 0 Å². The summed E-state index contributed by atoms with van der Waals surface area (Å²) >= 11 is 3.39. The summed E-state index contributed by atoms with van der Waals surface area (Å²) in [5.74, 6) is 1.02. The topological polar surface area (TPSA) is 70.8 Å². The van der Waals surface area contributed by atoms with Gasteiger partial charge in [-0.3, -0.25) is 0 Å². The van der Waals surface area contributed by atoms with Gasteiger partial charge in [-0.2, -0.15) is 0 Å². The summed E-state index contributed by atoms with van der Waals surface area (Å²) in [6, 6.07) is 3.47. The molecule has 2 rings (SSSR count). The van der Waals surface area contributed by atoms with Crippen LogP contribution in [-0.4, -0.2) is 32.0 Å². The number of ether oxygens (including phenoxy) is 3. The number of hydrogen-bond acceptors (Lipinski definition) is 6. The van der Waals surface area contributed by atoms with Crippen molar-refractivity contribution in [3.63, 3.8) is 0 Å². The molecule has 0 fully saturated rings. The van der Waals surface area contributed by atoms with E-state index >= 15 is 0 Å². The molecule has 0 radical (unpaired) electrons. The fourth-order valence-electron chi connectivity index (χ4n) is 2.05. The molecule has 0 amide bonds. The van der Waals surface area contributed by atoms with E-state index in [0.29, 0.717) is 28.5 Å². The molecule has 0 aliphatic carbocycles. The maximum Gasteiger partial charge on any atom is 0.344 e.